The van der Waals surface area contributed by atoms with Crippen molar-refractivity contribution in [3.05, 3.63) is 101 Å². The van der Waals surface area contributed by atoms with Gasteiger partial charge in [0.1, 0.15) is 23.0 Å². The number of para-hydroxylation sites is 1. The first-order valence-electron chi connectivity index (χ1n) is 9.95. The quantitative estimate of drug-likeness (QED) is 0.468. The van der Waals surface area contributed by atoms with Crippen molar-refractivity contribution in [2.75, 3.05) is 12.0 Å². The third-order valence-electron chi connectivity index (χ3n) is 5.18. The summed E-state index contributed by atoms with van der Waals surface area (Å²) in [5, 5.41) is 2.06. The number of imide groups is 2. The number of urea groups is 1. The number of carbonyl (C=O) groups excluding carboxylic acids is 3. The maximum Gasteiger partial charge on any atom is 0.336 e. The van der Waals surface area contributed by atoms with Gasteiger partial charge in [0.25, 0.3) is 11.8 Å². The molecule has 0 spiro atoms. The SMILES string of the molecule is COc1ccc(/C=C2/C(=O)NC(=O)N(c3ccccc3F)C2=O)c(Cc2ccccc2F)c1. The number of benzene rings is 3. The molecular formula is C25H18F2N2O4. The van der Waals surface area contributed by atoms with Crippen molar-refractivity contribution >= 4 is 29.6 Å². The number of barbiturate groups is 1. The van der Waals surface area contributed by atoms with E-state index < -0.39 is 29.5 Å². The smallest absolute Gasteiger partial charge is 0.336 e. The number of hydrogen-bond donors (Lipinski definition) is 1. The van der Waals surface area contributed by atoms with Gasteiger partial charge in [-0.15, -0.1) is 0 Å². The Morgan fingerprint density at radius 3 is 2.30 bits per heavy atom. The largest absolute Gasteiger partial charge is 0.497 e. The molecule has 0 atom stereocenters. The summed E-state index contributed by atoms with van der Waals surface area (Å²) in [7, 11) is 1.48. The van der Waals surface area contributed by atoms with E-state index in [-0.39, 0.29) is 17.7 Å². The second-order valence-corrected chi connectivity index (χ2v) is 7.24. The zero-order valence-electron chi connectivity index (χ0n) is 17.5. The van der Waals surface area contributed by atoms with E-state index in [1.807, 2.05) is 0 Å². The van der Waals surface area contributed by atoms with E-state index in [9.17, 15) is 23.2 Å². The Labute approximate surface area is 188 Å². The van der Waals surface area contributed by atoms with E-state index in [0.717, 1.165) is 6.07 Å². The van der Waals surface area contributed by atoms with Gasteiger partial charge in [0.05, 0.1) is 12.8 Å². The number of nitrogens with one attached hydrogen (secondary N) is 1. The van der Waals surface area contributed by atoms with Gasteiger partial charge < -0.3 is 4.74 Å². The van der Waals surface area contributed by atoms with E-state index in [1.54, 1.807) is 36.4 Å². The molecule has 0 unspecified atom stereocenters. The molecule has 8 heteroatoms. The van der Waals surface area contributed by atoms with Crippen molar-refractivity contribution in [1.29, 1.82) is 0 Å². The predicted octanol–water partition coefficient (Wildman–Crippen LogP) is 4.23. The van der Waals surface area contributed by atoms with Crippen LogP contribution in [0.2, 0.25) is 0 Å². The van der Waals surface area contributed by atoms with Gasteiger partial charge in [0.15, 0.2) is 0 Å². The van der Waals surface area contributed by atoms with E-state index in [0.29, 0.717) is 27.3 Å². The van der Waals surface area contributed by atoms with E-state index in [4.69, 9.17) is 4.74 Å². The van der Waals surface area contributed by atoms with Crippen LogP contribution in [0, 0.1) is 11.6 Å². The summed E-state index contributed by atoms with van der Waals surface area (Å²) in [4.78, 5) is 38.5. The van der Waals surface area contributed by atoms with E-state index in [2.05, 4.69) is 5.32 Å². The monoisotopic (exact) mass is 448 g/mol. The van der Waals surface area contributed by atoms with Gasteiger partial charge in [-0.3, -0.25) is 14.9 Å². The minimum Gasteiger partial charge on any atom is -0.497 e. The van der Waals surface area contributed by atoms with Gasteiger partial charge in [0, 0.05) is 6.42 Å². The first-order valence-corrected chi connectivity index (χ1v) is 9.95. The molecule has 0 saturated carbocycles. The fourth-order valence-electron chi connectivity index (χ4n) is 3.51. The maximum absolute atomic E-state index is 14.3. The van der Waals surface area contributed by atoms with Gasteiger partial charge in [0.2, 0.25) is 0 Å². The second-order valence-electron chi connectivity index (χ2n) is 7.24. The maximum atomic E-state index is 14.3. The molecular weight excluding hydrogens is 430 g/mol. The summed E-state index contributed by atoms with van der Waals surface area (Å²) in [6.07, 6.45) is 1.46. The van der Waals surface area contributed by atoms with Crippen molar-refractivity contribution in [2.45, 2.75) is 6.42 Å². The third kappa shape index (κ3) is 4.36. The number of halogens is 2. The Morgan fingerprint density at radius 1 is 0.909 bits per heavy atom. The lowest BCUT2D eigenvalue weighted by atomic mass is 9.96. The molecule has 0 bridgehead atoms. The molecule has 1 aliphatic heterocycles. The van der Waals surface area contributed by atoms with Crippen molar-refractivity contribution < 1.29 is 27.9 Å². The highest BCUT2D eigenvalue weighted by molar-refractivity contribution is 6.39. The average Bonchev–Trinajstić information content (AvgIpc) is 2.80. The number of amides is 4. The van der Waals surface area contributed by atoms with Gasteiger partial charge in [-0.05, 0) is 53.1 Å². The molecule has 3 aromatic carbocycles. The zero-order chi connectivity index (χ0) is 23.5. The number of carbonyl (C=O) groups is 3. The highest BCUT2D eigenvalue weighted by Gasteiger charge is 2.38. The van der Waals surface area contributed by atoms with Crippen LogP contribution in [-0.4, -0.2) is 25.0 Å². The van der Waals surface area contributed by atoms with Gasteiger partial charge in [-0.1, -0.05) is 36.4 Å². The Morgan fingerprint density at radius 2 is 1.61 bits per heavy atom. The highest BCUT2D eigenvalue weighted by atomic mass is 19.1. The molecule has 0 aliphatic carbocycles. The van der Waals surface area contributed by atoms with Crippen molar-refractivity contribution in [3.8, 4) is 5.75 Å². The molecule has 4 rings (SSSR count). The van der Waals surface area contributed by atoms with Crippen molar-refractivity contribution in [2.24, 2.45) is 0 Å². The Balaban J connectivity index is 1.78. The summed E-state index contributed by atoms with van der Waals surface area (Å²) in [6, 6.07) is 15.4. The van der Waals surface area contributed by atoms with Crippen LogP contribution in [0.15, 0.2) is 72.3 Å². The molecule has 4 amide bonds. The number of anilines is 1. The lowest BCUT2D eigenvalue weighted by Crippen LogP contribution is -2.54. The number of ether oxygens (including phenoxy) is 1. The summed E-state index contributed by atoms with van der Waals surface area (Å²) in [6.45, 7) is 0. The van der Waals surface area contributed by atoms with Crippen LogP contribution in [0.3, 0.4) is 0 Å². The number of hydrogen-bond acceptors (Lipinski definition) is 4. The summed E-state index contributed by atoms with van der Waals surface area (Å²) < 4.78 is 33.8. The van der Waals surface area contributed by atoms with E-state index >= 15 is 0 Å². The molecule has 1 aliphatic rings. The van der Waals surface area contributed by atoms with Crippen LogP contribution in [0.4, 0.5) is 19.3 Å². The van der Waals surface area contributed by atoms with Crippen LogP contribution in [0.25, 0.3) is 6.08 Å². The topological polar surface area (TPSA) is 75.7 Å². The molecule has 6 nitrogen and oxygen atoms in total. The molecule has 0 aromatic heterocycles. The lowest BCUT2D eigenvalue weighted by molar-refractivity contribution is -0.122. The highest BCUT2D eigenvalue weighted by Crippen LogP contribution is 2.27. The van der Waals surface area contributed by atoms with Crippen molar-refractivity contribution in [3.63, 3.8) is 0 Å². The standard InChI is InChI=1S/C25H18F2N2O4/c1-33-18-11-10-15(17(13-18)12-16-6-2-3-7-20(16)26)14-19-23(30)28-25(32)29(24(19)31)22-9-5-4-8-21(22)27/h2-11,13-14H,12H2,1H3,(H,28,30,32)/b19-14-. The fourth-order valence-corrected chi connectivity index (χ4v) is 3.51. The molecule has 1 saturated heterocycles. The van der Waals surface area contributed by atoms with Gasteiger partial charge in [-0.25, -0.2) is 18.5 Å². The first-order chi connectivity index (χ1) is 15.9. The summed E-state index contributed by atoms with van der Waals surface area (Å²) in [5.41, 5.74) is 0.799. The Hall–Kier alpha value is -4.33. The van der Waals surface area contributed by atoms with Crippen LogP contribution in [-0.2, 0) is 16.0 Å². The minimum absolute atomic E-state index is 0.161. The number of nitrogens with zero attached hydrogens (tertiary/aromatic N) is 1. The summed E-state index contributed by atoms with van der Waals surface area (Å²) in [5.74, 6) is -2.57. The molecule has 1 fully saturated rings. The van der Waals surface area contributed by atoms with Gasteiger partial charge in [-0.2, -0.15) is 0 Å². The van der Waals surface area contributed by atoms with Crippen LogP contribution < -0.4 is 15.0 Å². The van der Waals surface area contributed by atoms with Crippen LogP contribution in [0.1, 0.15) is 16.7 Å². The van der Waals surface area contributed by atoms with Crippen LogP contribution in [0.5, 0.6) is 5.75 Å². The molecule has 1 heterocycles. The average molecular weight is 448 g/mol. The Bertz CT molecular complexity index is 1300. The molecule has 0 radical (unpaired) electrons. The fraction of sp³-hybridized carbons (Fsp3) is 0.0800. The Kier molecular flexibility index (Phi) is 5.99. The normalized spacial score (nSPS) is 15.1. The third-order valence-corrected chi connectivity index (χ3v) is 5.18. The van der Waals surface area contributed by atoms with E-state index in [1.165, 1.54) is 37.5 Å². The first kappa shape index (κ1) is 21.9. The molecule has 1 N–H and O–H groups in total. The molecule has 33 heavy (non-hydrogen) atoms. The predicted molar refractivity (Wildman–Crippen MR) is 118 cm³/mol. The van der Waals surface area contributed by atoms with Crippen LogP contribution >= 0.6 is 0 Å². The zero-order valence-corrected chi connectivity index (χ0v) is 17.5. The minimum atomic E-state index is -1.05. The van der Waals surface area contributed by atoms with Gasteiger partial charge >= 0.3 is 6.03 Å². The number of methoxy groups -OCH3 is 1. The lowest BCUT2D eigenvalue weighted by Gasteiger charge is -2.26. The summed E-state index contributed by atoms with van der Waals surface area (Å²) >= 11 is 0. The second kappa shape index (κ2) is 9.04. The number of rotatable bonds is 5. The van der Waals surface area contributed by atoms with Crippen molar-refractivity contribution in [1.82, 2.24) is 5.32 Å². The molecule has 3 aromatic rings. The molecule has 166 valence electrons.